The van der Waals surface area contributed by atoms with Crippen molar-refractivity contribution in [3.05, 3.63) is 46.4 Å². The summed E-state index contributed by atoms with van der Waals surface area (Å²) in [7, 11) is 1.68. The van der Waals surface area contributed by atoms with E-state index in [1.165, 1.54) is 15.6 Å². The zero-order chi connectivity index (χ0) is 10.8. The highest BCUT2D eigenvalue weighted by molar-refractivity contribution is 5.17. The molecule has 2 aromatic rings. The summed E-state index contributed by atoms with van der Waals surface area (Å²) in [6, 6.07) is 3.84. The average molecular weight is 204 g/mol. The Kier molecular flexibility index (Phi) is 2.37. The van der Waals surface area contributed by atoms with Gasteiger partial charge in [-0.2, -0.15) is 5.10 Å². The largest absolute Gasteiger partial charge is 0.345 e. The molecule has 0 radical (unpaired) electrons. The van der Waals surface area contributed by atoms with Crippen LogP contribution in [0, 0.1) is 6.92 Å². The van der Waals surface area contributed by atoms with Gasteiger partial charge in [-0.1, -0.05) is 6.07 Å². The van der Waals surface area contributed by atoms with Gasteiger partial charge in [0.25, 0.3) is 0 Å². The van der Waals surface area contributed by atoms with Gasteiger partial charge in [-0.25, -0.2) is 9.48 Å². The molecule has 0 saturated carbocycles. The van der Waals surface area contributed by atoms with Gasteiger partial charge in [0.05, 0.1) is 12.2 Å². The summed E-state index contributed by atoms with van der Waals surface area (Å²) >= 11 is 0. The first-order valence-electron chi connectivity index (χ1n) is 4.67. The van der Waals surface area contributed by atoms with Gasteiger partial charge in [0, 0.05) is 13.2 Å². The Morgan fingerprint density at radius 2 is 2.27 bits per heavy atom. The van der Waals surface area contributed by atoms with Crippen LogP contribution in [0.25, 0.3) is 0 Å². The van der Waals surface area contributed by atoms with Crippen LogP contribution < -0.4 is 5.69 Å². The lowest BCUT2D eigenvalue weighted by atomic mass is 10.2. The van der Waals surface area contributed by atoms with E-state index in [0.29, 0.717) is 6.54 Å². The molecule has 0 fully saturated rings. The highest BCUT2D eigenvalue weighted by Crippen LogP contribution is 2.03. The minimum absolute atomic E-state index is 0.125. The molecule has 78 valence electrons. The van der Waals surface area contributed by atoms with Gasteiger partial charge in [-0.05, 0) is 18.6 Å². The molecule has 15 heavy (non-hydrogen) atoms. The fourth-order valence-corrected chi connectivity index (χ4v) is 1.35. The molecular formula is C10H12N4O. The van der Waals surface area contributed by atoms with Crippen LogP contribution in [-0.4, -0.2) is 19.3 Å². The van der Waals surface area contributed by atoms with E-state index in [1.807, 2.05) is 19.1 Å². The Hall–Kier alpha value is -1.91. The van der Waals surface area contributed by atoms with Gasteiger partial charge in [-0.3, -0.25) is 9.55 Å². The third-order valence-corrected chi connectivity index (χ3v) is 2.30. The summed E-state index contributed by atoms with van der Waals surface area (Å²) in [6.45, 7) is 2.39. The van der Waals surface area contributed by atoms with Crippen LogP contribution in [0.1, 0.15) is 11.3 Å². The van der Waals surface area contributed by atoms with Crippen molar-refractivity contribution in [3.63, 3.8) is 0 Å². The van der Waals surface area contributed by atoms with Crippen LogP contribution in [0.15, 0.2) is 29.5 Å². The molecule has 2 heterocycles. The molecule has 0 bridgehead atoms. The standard InChI is InChI=1S/C10H12N4O/c1-8-4-3-5-11-9(8)6-14-10(15)13(2)7-12-14/h3-5,7H,6H2,1-2H3. The lowest BCUT2D eigenvalue weighted by molar-refractivity contribution is 0.632. The average Bonchev–Trinajstić information content (AvgIpc) is 2.53. The number of aromatic nitrogens is 4. The molecule has 0 aliphatic carbocycles. The smallest absolute Gasteiger partial charge is 0.285 e. The molecule has 5 nitrogen and oxygen atoms in total. The minimum atomic E-state index is -0.125. The molecule has 0 aliphatic rings. The van der Waals surface area contributed by atoms with Gasteiger partial charge in [0.15, 0.2) is 0 Å². The van der Waals surface area contributed by atoms with Gasteiger partial charge in [-0.15, -0.1) is 0 Å². The summed E-state index contributed by atoms with van der Waals surface area (Å²) in [5, 5.41) is 3.98. The third-order valence-electron chi connectivity index (χ3n) is 2.30. The molecule has 0 N–H and O–H groups in total. The first-order chi connectivity index (χ1) is 7.18. The maximum Gasteiger partial charge on any atom is 0.345 e. The third kappa shape index (κ3) is 1.81. The summed E-state index contributed by atoms with van der Waals surface area (Å²) in [4.78, 5) is 15.7. The Morgan fingerprint density at radius 1 is 1.47 bits per heavy atom. The van der Waals surface area contributed by atoms with Crippen LogP contribution in [0.2, 0.25) is 0 Å². The highest BCUT2D eigenvalue weighted by Gasteiger charge is 2.04. The van der Waals surface area contributed by atoms with E-state index in [0.717, 1.165) is 11.3 Å². The lowest BCUT2D eigenvalue weighted by Crippen LogP contribution is -2.24. The predicted molar refractivity (Wildman–Crippen MR) is 55.5 cm³/mol. The molecule has 0 amide bonds. The minimum Gasteiger partial charge on any atom is -0.285 e. The zero-order valence-electron chi connectivity index (χ0n) is 8.71. The van der Waals surface area contributed by atoms with E-state index in [9.17, 15) is 4.79 Å². The van der Waals surface area contributed by atoms with E-state index in [-0.39, 0.29) is 5.69 Å². The fourth-order valence-electron chi connectivity index (χ4n) is 1.35. The zero-order valence-corrected chi connectivity index (χ0v) is 8.71. The summed E-state index contributed by atoms with van der Waals surface area (Å²) in [5.74, 6) is 0. The lowest BCUT2D eigenvalue weighted by Gasteiger charge is -2.02. The number of aryl methyl sites for hydroxylation is 2. The Labute approximate surface area is 87.0 Å². The van der Waals surface area contributed by atoms with Gasteiger partial charge in [0.1, 0.15) is 6.33 Å². The number of hydrogen-bond acceptors (Lipinski definition) is 3. The molecule has 5 heteroatoms. The van der Waals surface area contributed by atoms with Crippen molar-refractivity contribution >= 4 is 0 Å². The predicted octanol–water partition coefficient (Wildman–Crippen LogP) is 0.334. The molecule has 2 rings (SSSR count). The van der Waals surface area contributed by atoms with Crippen LogP contribution >= 0.6 is 0 Å². The maximum atomic E-state index is 11.5. The van der Waals surface area contributed by atoms with Crippen LogP contribution in [0.3, 0.4) is 0 Å². The number of pyridine rings is 1. The van der Waals surface area contributed by atoms with Crippen molar-refractivity contribution in [1.29, 1.82) is 0 Å². The van der Waals surface area contributed by atoms with E-state index in [2.05, 4.69) is 10.1 Å². The van der Waals surface area contributed by atoms with E-state index < -0.39 is 0 Å². The van der Waals surface area contributed by atoms with Crippen molar-refractivity contribution in [2.24, 2.45) is 7.05 Å². The highest BCUT2D eigenvalue weighted by atomic mass is 16.2. The van der Waals surface area contributed by atoms with Crippen LogP contribution in [-0.2, 0) is 13.6 Å². The molecule has 0 saturated heterocycles. The van der Waals surface area contributed by atoms with Gasteiger partial charge < -0.3 is 0 Å². The number of rotatable bonds is 2. The Bertz CT molecular complexity index is 526. The Balaban J connectivity index is 2.34. The second-order valence-electron chi connectivity index (χ2n) is 3.45. The molecule has 2 aromatic heterocycles. The van der Waals surface area contributed by atoms with Gasteiger partial charge in [0.2, 0.25) is 0 Å². The van der Waals surface area contributed by atoms with Crippen molar-refractivity contribution in [2.75, 3.05) is 0 Å². The van der Waals surface area contributed by atoms with E-state index in [1.54, 1.807) is 13.2 Å². The molecule has 0 atom stereocenters. The first-order valence-corrected chi connectivity index (χ1v) is 4.67. The molecule has 0 unspecified atom stereocenters. The van der Waals surface area contributed by atoms with Crippen LogP contribution in [0.5, 0.6) is 0 Å². The van der Waals surface area contributed by atoms with Crippen molar-refractivity contribution < 1.29 is 0 Å². The SMILES string of the molecule is Cc1cccnc1Cn1ncn(C)c1=O. The number of nitrogens with zero attached hydrogens (tertiary/aromatic N) is 4. The van der Waals surface area contributed by atoms with E-state index >= 15 is 0 Å². The monoisotopic (exact) mass is 204 g/mol. The quantitative estimate of drug-likeness (QED) is 0.708. The molecular weight excluding hydrogens is 192 g/mol. The normalized spacial score (nSPS) is 10.5. The topological polar surface area (TPSA) is 52.7 Å². The van der Waals surface area contributed by atoms with Crippen molar-refractivity contribution in [2.45, 2.75) is 13.5 Å². The summed E-state index contributed by atoms with van der Waals surface area (Å²) in [6.07, 6.45) is 3.22. The van der Waals surface area contributed by atoms with Gasteiger partial charge >= 0.3 is 5.69 Å². The summed E-state index contributed by atoms with van der Waals surface area (Å²) < 4.78 is 2.84. The number of hydrogen-bond donors (Lipinski definition) is 0. The first kappa shape index (κ1) is 9.64. The maximum absolute atomic E-state index is 11.5. The molecule has 0 aromatic carbocycles. The molecule has 0 spiro atoms. The second-order valence-corrected chi connectivity index (χ2v) is 3.45. The molecule has 0 aliphatic heterocycles. The summed E-state index contributed by atoms with van der Waals surface area (Å²) in [5.41, 5.74) is 1.81. The fraction of sp³-hybridized carbons (Fsp3) is 0.300. The van der Waals surface area contributed by atoms with Crippen molar-refractivity contribution in [3.8, 4) is 0 Å². The Morgan fingerprint density at radius 3 is 2.87 bits per heavy atom. The van der Waals surface area contributed by atoms with Crippen molar-refractivity contribution in [1.82, 2.24) is 19.3 Å². The van der Waals surface area contributed by atoms with E-state index in [4.69, 9.17) is 0 Å². The van der Waals surface area contributed by atoms with Crippen LogP contribution in [0.4, 0.5) is 0 Å². The second kappa shape index (κ2) is 3.68.